The lowest BCUT2D eigenvalue weighted by atomic mass is 10.0. The molecule has 7 heteroatoms. The summed E-state index contributed by atoms with van der Waals surface area (Å²) in [6, 6.07) is 13.0. The number of hydrogen-bond donors (Lipinski definition) is 0. The van der Waals surface area contributed by atoms with Crippen molar-refractivity contribution >= 4 is 15.7 Å². The topological polar surface area (TPSA) is 66.9 Å². The molecule has 156 valence electrons. The van der Waals surface area contributed by atoms with Crippen LogP contribution in [0.2, 0.25) is 0 Å². The van der Waals surface area contributed by atoms with Crippen LogP contribution in [0.5, 0.6) is 5.75 Å². The van der Waals surface area contributed by atoms with Gasteiger partial charge in [-0.25, -0.2) is 8.42 Å². The minimum absolute atomic E-state index is 0.110. The summed E-state index contributed by atoms with van der Waals surface area (Å²) in [5.41, 5.74) is 2.43. The van der Waals surface area contributed by atoms with E-state index >= 15 is 0 Å². The van der Waals surface area contributed by atoms with Gasteiger partial charge in [0.2, 0.25) is 0 Å². The number of ether oxygens (including phenoxy) is 1. The van der Waals surface area contributed by atoms with Crippen molar-refractivity contribution < 1.29 is 17.9 Å². The zero-order valence-corrected chi connectivity index (χ0v) is 18.2. The SMILES string of the molecule is COc1cccc(C(C)N2CCN(C(=O)c3cc(S(C)(=O)=O)ccc3C)CC2)c1. The van der Waals surface area contributed by atoms with Crippen LogP contribution in [-0.2, 0) is 9.84 Å². The largest absolute Gasteiger partial charge is 0.497 e. The van der Waals surface area contributed by atoms with Crippen molar-refractivity contribution in [1.29, 1.82) is 0 Å². The van der Waals surface area contributed by atoms with E-state index in [1.165, 1.54) is 11.6 Å². The van der Waals surface area contributed by atoms with Gasteiger partial charge < -0.3 is 9.64 Å². The van der Waals surface area contributed by atoms with Gasteiger partial charge in [0.05, 0.1) is 12.0 Å². The van der Waals surface area contributed by atoms with E-state index in [-0.39, 0.29) is 16.8 Å². The standard InChI is InChI=1S/C22H28N2O4S/c1-16-8-9-20(29(4,26)27)15-21(16)22(25)24-12-10-23(11-13-24)17(2)18-6-5-7-19(14-18)28-3/h5-9,14-15,17H,10-13H2,1-4H3. The number of carbonyl (C=O) groups is 1. The molecule has 1 fully saturated rings. The van der Waals surface area contributed by atoms with Crippen molar-refractivity contribution in [3.63, 3.8) is 0 Å². The molecule has 3 rings (SSSR count). The molecule has 1 saturated heterocycles. The van der Waals surface area contributed by atoms with Crippen molar-refractivity contribution in [1.82, 2.24) is 9.80 Å². The molecule has 0 radical (unpaired) electrons. The summed E-state index contributed by atoms with van der Waals surface area (Å²) in [6.07, 6.45) is 1.16. The van der Waals surface area contributed by atoms with E-state index < -0.39 is 9.84 Å². The second-order valence-corrected chi connectivity index (χ2v) is 9.55. The molecule has 1 heterocycles. The number of carbonyl (C=O) groups excluding carboxylic acids is 1. The molecule has 1 aliphatic rings. The predicted molar refractivity (Wildman–Crippen MR) is 113 cm³/mol. The number of methoxy groups -OCH3 is 1. The minimum atomic E-state index is -3.35. The van der Waals surface area contributed by atoms with Crippen LogP contribution < -0.4 is 4.74 Å². The van der Waals surface area contributed by atoms with Crippen LogP contribution in [0.25, 0.3) is 0 Å². The number of piperazine rings is 1. The van der Waals surface area contributed by atoms with Crippen LogP contribution in [0.1, 0.15) is 34.5 Å². The number of sulfone groups is 1. The summed E-state index contributed by atoms with van der Waals surface area (Å²) in [7, 11) is -1.69. The number of rotatable bonds is 5. The maximum atomic E-state index is 13.0. The molecular formula is C22H28N2O4S. The van der Waals surface area contributed by atoms with Gasteiger partial charge in [0, 0.05) is 44.0 Å². The fraction of sp³-hybridized carbons (Fsp3) is 0.409. The monoisotopic (exact) mass is 416 g/mol. The second kappa shape index (κ2) is 8.55. The van der Waals surface area contributed by atoms with Crippen LogP contribution in [-0.4, -0.2) is 63.7 Å². The van der Waals surface area contributed by atoms with Crippen LogP contribution in [0.4, 0.5) is 0 Å². The predicted octanol–water partition coefficient (Wildman–Crippen LogP) is 2.93. The summed E-state index contributed by atoms with van der Waals surface area (Å²) >= 11 is 0. The van der Waals surface area contributed by atoms with Gasteiger partial charge in [-0.2, -0.15) is 0 Å². The summed E-state index contributed by atoms with van der Waals surface area (Å²) in [4.78, 5) is 17.4. The van der Waals surface area contributed by atoms with Gasteiger partial charge >= 0.3 is 0 Å². The molecule has 0 aromatic heterocycles. The third-order valence-electron chi connectivity index (χ3n) is 5.59. The highest BCUT2D eigenvalue weighted by atomic mass is 32.2. The molecule has 1 unspecified atom stereocenters. The van der Waals surface area contributed by atoms with E-state index in [4.69, 9.17) is 4.74 Å². The highest BCUT2D eigenvalue weighted by Gasteiger charge is 2.27. The summed E-state index contributed by atoms with van der Waals surface area (Å²) in [5, 5.41) is 0. The number of amides is 1. The van der Waals surface area contributed by atoms with Crippen molar-refractivity contribution in [3.8, 4) is 5.75 Å². The van der Waals surface area contributed by atoms with Gasteiger partial charge in [0.25, 0.3) is 5.91 Å². The Kier molecular flexibility index (Phi) is 6.29. The number of aryl methyl sites for hydroxylation is 1. The molecule has 0 N–H and O–H groups in total. The Morgan fingerprint density at radius 2 is 1.76 bits per heavy atom. The van der Waals surface area contributed by atoms with Gasteiger partial charge in [-0.1, -0.05) is 18.2 Å². The average Bonchev–Trinajstić information content (AvgIpc) is 2.72. The molecule has 6 nitrogen and oxygen atoms in total. The zero-order chi connectivity index (χ0) is 21.2. The third kappa shape index (κ3) is 4.79. The number of hydrogen-bond acceptors (Lipinski definition) is 5. The Morgan fingerprint density at radius 1 is 1.07 bits per heavy atom. The summed E-state index contributed by atoms with van der Waals surface area (Å²) in [6.45, 7) is 6.72. The van der Waals surface area contributed by atoms with Crippen LogP contribution in [0.3, 0.4) is 0 Å². The Morgan fingerprint density at radius 3 is 2.38 bits per heavy atom. The molecule has 0 spiro atoms. The lowest BCUT2D eigenvalue weighted by molar-refractivity contribution is 0.0581. The van der Waals surface area contributed by atoms with Crippen LogP contribution in [0, 0.1) is 6.92 Å². The first-order valence-electron chi connectivity index (χ1n) is 9.68. The Bertz CT molecular complexity index is 996. The fourth-order valence-electron chi connectivity index (χ4n) is 3.66. The minimum Gasteiger partial charge on any atom is -0.497 e. The molecule has 2 aromatic carbocycles. The Labute approximate surface area is 173 Å². The van der Waals surface area contributed by atoms with Gasteiger partial charge in [-0.3, -0.25) is 9.69 Å². The number of nitrogens with zero attached hydrogens (tertiary/aromatic N) is 2. The third-order valence-corrected chi connectivity index (χ3v) is 6.70. The molecule has 2 aromatic rings. The Balaban J connectivity index is 1.70. The maximum Gasteiger partial charge on any atom is 0.254 e. The molecule has 29 heavy (non-hydrogen) atoms. The smallest absolute Gasteiger partial charge is 0.254 e. The highest BCUT2D eigenvalue weighted by molar-refractivity contribution is 7.90. The van der Waals surface area contributed by atoms with E-state index in [2.05, 4.69) is 17.9 Å². The van der Waals surface area contributed by atoms with Crippen molar-refractivity contribution in [2.75, 3.05) is 39.5 Å². The van der Waals surface area contributed by atoms with Crippen molar-refractivity contribution in [2.24, 2.45) is 0 Å². The summed E-state index contributed by atoms with van der Waals surface area (Å²) in [5.74, 6) is 0.728. The first-order chi connectivity index (χ1) is 13.7. The lowest BCUT2D eigenvalue weighted by Gasteiger charge is -2.38. The first-order valence-corrected chi connectivity index (χ1v) is 11.6. The summed E-state index contributed by atoms with van der Waals surface area (Å²) < 4.78 is 29.0. The lowest BCUT2D eigenvalue weighted by Crippen LogP contribution is -2.49. The number of benzene rings is 2. The van der Waals surface area contributed by atoms with Crippen LogP contribution in [0.15, 0.2) is 47.4 Å². The van der Waals surface area contributed by atoms with Gasteiger partial charge in [-0.15, -0.1) is 0 Å². The van der Waals surface area contributed by atoms with E-state index in [1.54, 1.807) is 19.2 Å². The van der Waals surface area contributed by atoms with Gasteiger partial charge in [-0.05, 0) is 49.2 Å². The molecule has 0 bridgehead atoms. The van der Waals surface area contributed by atoms with Crippen molar-refractivity contribution in [3.05, 3.63) is 59.2 Å². The van der Waals surface area contributed by atoms with Gasteiger partial charge in [0.1, 0.15) is 5.75 Å². The Hall–Kier alpha value is -2.38. The molecule has 0 aliphatic carbocycles. The zero-order valence-electron chi connectivity index (χ0n) is 17.4. The first kappa shape index (κ1) is 21.3. The molecular weight excluding hydrogens is 388 g/mol. The molecule has 1 amide bonds. The van der Waals surface area contributed by atoms with E-state index in [0.29, 0.717) is 18.7 Å². The van der Waals surface area contributed by atoms with Gasteiger partial charge in [0.15, 0.2) is 9.84 Å². The van der Waals surface area contributed by atoms with E-state index in [1.807, 2.05) is 30.0 Å². The fourth-order valence-corrected chi connectivity index (χ4v) is 4.30. The quantitative estimate of drug-likeness (QED) is 0.750. The molecule has 1 atom stereocenters. The normalized spacial score (nSPS) is 16.5. The van der Waals surface area contributed by atoms with Crippen LogP contribution >= 0.6 is 0 Å². The van der Waals surface area contributed by atoms with Crippen molar-refractivity contribution in [2.45, 2.75) is 24.8 Å². The molecule has 0 saturated carbocycles. The second-order valence-electron chi connectivity index (χ2n) is 7.53. The molecule has 1 aliphatic heterocycles. The van der Waals surface area contributed by atoms with E-state index in [0.717, 1.165) is 30.7 Å². The van der Waals surface area contributed by atoms with E-state index in [9.17, 15) is 13.2 Å². The highest BCUT2D eigenvalue weighted by Crippen LogP contribution is 2.25. The maximum absolute atomic E-state index is 13.0. The average molecular weight is 417 g/mol.